The van der Waals surface area contributed by atoms with Gasteiger partial charge in [-0.25, -0.2) is 0 Å². The number of carbonyl (C=O) groups excluding carboxylic acids is 1. The number of halogens is 1. The fraction of sp³-hybridized carbons (Fsp3) is 0.417. The van der Waals surface area contributed by atoms with Gasteiger partial charge in [-0.05, 0) is 43.5 Å². The Morgan fingerprint density at radius 3 is 2.60 bits per heavy atom. The summed E-state index contributed by atoms with van der Waals surface area (Å²) in [5, 5.41) is -0.447. The Hall–Kier alpha value is -1.02. The van der Waals surface area contributed by atoms with Crippen LogP contribution in [0.5, 0.6) is 5.75 Å². The molecule has 0 N–H and O–H groups in total. The molecule has 0 aliphatic carbocycles. The molecule has 0 aromatic heterocycles. The molecule has 0 heterocycles. The molecule has 0 radical (unpaired) electrons. The average molecular weight is 227 g/mol. The first-order chi connectivity index (χ1) is 7.04. The maximum absolute atomic E-state index is 11.0. The van der Waals surface area contributed by atoms with E-state index in [0.717, 1.165) is 11.3 Å². The standard InChI is InChI=1S/C12H15ClO2/c1-4-10(12(13)14)15-11-6-5-8(2)7-9(11)3/h5-7,10H,4H2,1-3H3/t10-/m1/s1. The SMILES string of the molecule is CC[C@@H](Oc1ccc(C)cc1C)C(=O)Cl. The molecule has 0 bridgehead atoms. The van der Waals surface area contributed by atoms with E-state index in [2.05, 4.69) is 0 Å². The summed E-state index contributed by atoms with van der Waals surface area (Å²) in [6.07, 6.45) is 0.0309. The van der Waals surface area contributed by atoms with E-state index in [1.54, 1.807) is 0 Å². The van der Waals surface area contributed by atoms with E-state index in [4.69, 9.17) is 16.3 Å². The molecule has 82 valence electrons. The summed E-state index contributed by atoms with van der Waals surface area (Å²) >= 11 is 5.41. The third-order valence-corrected chi connectivity index (χ3v) is 2.47. The molecule has 0 unspecified atom stereocenters. The molecule has 0 amide bonds. The van der Waals surface area contributed by atoms with Gasteiger partial charge >= 0.3 is 0 Å². The van der Waals surface area contributed by atoms with Crippen LogP contribution in [-0.4, -0.2) is 11.3 Å². The zero-order valence-corrected chi connectivity index (χ0v) is 9.97. The Labute approximate surface area is 95.2 Å². The Bertz CT molecular complexity index is 361. The smallest absolute Gasteiger partial charge is 0.262 e. The molecule has 0 aliphatic heterocycles. The van der Waals surface area contributed by atoms with E-state index in [1.165, 1.54) is 5.56 Å². The lowest BCUT2D eigenvalue weighted by Gasteiger charge is -2.15. The van der Waals surface area contributed by atoms with Gasteiger partial charge in [0.05, 0.1) is 0 Å². The molecule has 3 heteroatoms. The van der Waals surface area contributed by atoms with Crippen molar-refractivity contribution in [2.24, 2.45) is 0 Å². The quantitative estimate of drug-likeness (QED) is 0.737. The van der Waals surface area contributed by atoms with E-state index in [0.29, 0.717) is 6.42 Å². The molecule has 0 aliphatic rings. The highest BCUT2D eigenvalue weighted by atomic mass is 35.5. The summed E-state index contributed by atoms with van der Waals surface area (Å²) < 4.78 is 5.53. The number of ether oxygens (including phenoxy) is 1. The number of hydrogen-bond acceptors (Lipinski definition) is 2. The topological polar surface area (TPSA) is 26.3 Å². The van der Waals surface area contributed by atoms with Crippen molar-refractivity contribution < 1.29 is 9.53 Å². The monoisotopic (exact) mass is 226 g/mol. The summed E-state index contributed by atoms with van der Waals surface area (Å²) in [5.41, 5.74) is 2.19. The fourth-order valence-electron chi connectivity index (χ4n) is 1.37. The Morgan fingerprint density at radius 2 is 2.13 bits per heavy atom. The van der Waals surface area contributed by atoms with Crippen LogP contribution in [0.2, 0.25) is 0 Å². The molecular weight excluding hydrogens is 212 g/mol. The molecule has 1 rings (SSSR count). The maximum atomic E-state index is 11.0. The number of carbonyl (C=O) groups is 1. The summed E-state index contributed by atoms with van der Waals surface area (Å²) in [6.45, 7) is 5.84. The van der Waals surface area contributed by atoms with Gasteiger partial charge in [0.25, 0.3) is 5.24 Å². The van der Waals surface area contributed by atoms with E-state index >= 15 is 0 Å². The Morgan fingerprint density at radius 1 is 1.47 bits per heavy atom. The lowest BCUT2D eigenvalue weighted by atomic mass is 10.1. The van der Waals surface area contributed by atoms with Crippen LogP contribution in [0, 0.1) is 13.8 Å². The zero-order valence-electron chi connectivity index (χ0n) is 9.21. The molecule has 2 nitrogen and oxygen atoms in total. The first-order valence-electron chi connectivity index (χ1n) is 4.97. The van der Waals surface area contributed by atoms with Gasteiger partial charge in [0.2, 0.25) is 0 Å². The fourth-order valence-corrected chi connectivity index (χ4v) is 1.57. The van der Waals surface area contributed by atoms with Gasteiger partial charge in [-0.1, -0.05) is 24.6 Å². The highest BCUT2D eigenvalue weighted by molar-refractivity contribution is 6.64. The largest absolute Gasteiger partial charge is 0.481 e. The van der Waals surface area contributed by atoms with Crippen molar-refractivity contribution in [3.05, 3.63) is 29.3 Å². The van der Waals surface area contributed by atoms with Crippen LogP contribution >= 0.6 is 11.6 Å². The first-order valence-corrected chi connectivity index (χ1v) is 5.35. The second-order valence-corrected chi connectivity index (χ2v) is 3.96. The van der Waals surface area contributed by atoms with Crippen molar-refractivity contribution in [3.8, 4) is 5.75 Å². The van der Waals surface area contributed by atoms with Crippen LogP contribution in [0.15, 0.2) is 18.2 Å². The third kappa shape index (κ3) is 3.24. The number of rotatable bonds is 4. The van der Waals surface area contributed by atoms with Crippen LogP contribution < -0.4 is 4.74 Å². The predicted molar refractivity (Wildman–Crippen MR) is 61.5 cm³/mol. The number of aryl methyl sites for hydroxylation is 2. The van der Waals surface area contributed by atoms with Gasteiger partial charge in [-0.2, -0.15) is 0 Å². The van der Waals surface area contributed by atoms with Crippen LogP contribution in [0.1, 0.15) is 24.5 Å². The van der Waals surface area contributed by atoms with Crippen LogP contribution in [0.4, 0.5) is 0 Å². The van der Waals surface area contributed by atoms with Gasteiger partial charge in [0.15, 0.2) is 6.10 Å². The second kappa shape index (κ2) is 5.17. The highest BCUT2D eigenvalue weighted by Gasteiger charge is 2.16. The zero-order chi connectivity index (χ0) is 11.4. The van der Waals surface area contributed by atoms with E-state index in [9.17, 15) is 4.79 Å². The minimum absolute atomic E-state index is 0.447. The Kier molecular flexibility index (Phi) is 4.15. The van der Waals surface area contributed by atoms with Gasteiger partial charge < -0.3 is 4.74 Å². The lowest BCUT2D eigenvalue weighted by molar-refractivity contribution is -0.117. The molecule has 0 fully saturated rings. The van der Waals surface area contributed by atoms with Crippen LogP contribution in [0.25, 0.3) is 0 Å². The van der Waals surface area contributed by atoms with E-state index < -0.39 is 11.3 Å². The molecule has 0 saturated carbocycles. The molecule has 0 spiro atoms. The summed E-state index contributed by atoms with van der Waals surface area (Å²) in [4.78, 5) is 11.0. The number of benzene rings is 1. The normalized spacial score (nSPS) is 12.3. The van der Waals surface area contributed by atoms with Gasteiger partial charge in [-0.3, -0.25) is 4.79 Å². The summed E-state index contributed by atoms with van der Waals surface area (Å²) in [6, 6.07) is 5.83. The molecule has 0 saturated heterocycles. The molecular formula is C12H15ClO2. The number of hydrogen-bond donors (Lipinski definition) is 0. The van der Waals surface area contributed by atoms with E-state index in [-0.39, 0.29) is 0 Å². The predicted octanol–water partition coefficient (Wildman–Crippen LogP) is 3.23. The van der Waals surface area contributed by atoms with Crippen LogP contribution in [-0.2, 0) is 4.79 Å². The second-order valence-electron chi connectivity index (χ2n) is 3.59. The average Bonchev–Trinajstić information content (AvgIpc) is 2.16. The first kappa shape index (κ1) is 12.1. The van der Waals surface area contributed by atoms with Crippen LogP contribution in [0.3, 0.4) is 0 Å². The van der Waals surface area contributed by atoms with Crippen molar-refractivity contribution in [3.63, 3.8) is 0 Å². The summed E-state index contributed by atoms with van der Waals surface area (Å²) in [5.74, 6) is 0.724. The van der Waals surface area contributed by atoms with Gasteiger partial charge in [0.1, 0.15) is 5.75 Å². The van der Waals surface area contributed by atoms with Crippen molar-refractivity contribution >= 4 is 16.8 Å². The minimum Gasteiger partial charge on any atom is -0.481 e. The molecule has 15 heavy (non-hydrogen) atoms. The minimum atomic E-state index is -0.548. The maximum Gasteiger partial charge on any atom is 0.262 e. The van der Waals surface area contributed by atoms with Crippen molar-refractivity contribution in [1.82, 2.24) is 0 Å². The molecule has 1 aromatic carbocycles. The van der Waals surface area contributed by atoms with Crippen molar-refractivity contribution in [2.75, 3.05) is 0 Å². The highest BCUT2D eigenvalue weighted by Crippen LogP contribution is 2.21. The lowest BCUT2D eigenvalue weighted by Crippen LogP contribution is -2.22. The molecule has 1 atom stereocenters. The van der Waals surface area contributed by atoms with E-state index in [1.807, 2.05) is 39.0 Å². The Balaban J connectivity index is 2.84. The van der Waals surface area contributed by atoms with Crippen molar-refractivity contribution in [2.45, 2.75) is 33.3 Å². The van der Waals surface area contributed by atoms with Gasteiger partial charge in [-0.15, -0.1) is 0 Å². The van der Waals surface area contributed by atoms with Gasteiger partial charge in [0, 0.05) is 0 Å². The molecule has 1 aromatic rings. The summed E-state index contributed by atoms with van der Waals surface area (Å²) in [7, 11) is 0. The third-order valence-electron chi connectivity index (χ3n) is 2.22. The van der Waals surface area contributed by atoms with Crippen molar-refractivity contribution in [1.29, 1.82) is 0 Å².